The zero-order valence-electron chi connectivity index (χ0n) is 12.7. The largest absolute Gasteiger partial charge is 0.344 e. The third-order valence-corrected chi connectivity index (χ3v) is 4.09. The van der Waals surface area contributed by atoms with E-state index >= 15 is 0 Å². The number of halogens is 1. The van der Waals surface area contributed by atoms with Crippen molar-refractivity contribution in [2.24, 2.45) is 17.6 Å². The Hall–Kier alpha value is -1.59. The highest BCUT2D eigenvalue weighted by molar-refractivity contribution is 5.97. The van der Waals surface area contributed by atoms with Crippen molar-refractivity contribution in [2.45, 2.75) is 32.2 Å². The van der Waals surface area contributed by atoms with E-state index < -0.39 is 6.04 Å². The first-order chi connectivity index (χ1) is 10.1. The number of hydrogen-bond donors (Lipinski definition) is 3. The van der Waals surface area contributed by atoms with Crippen LogP contribution >= 0.6 is 12.4 Å². The molecule has 1 aliphatic carbocycles. The van der Waals surface area contributed by atoms with Crippen molar-refractivity contribution >= 4 is 29.9 Å². The lowest BCUT2D eigenvalue weighted by molar-refractivity contribution is -0.129. The van der Waals surface area contributed by atoms with Gasteiger partial charge in [-0.3, -0.25) is 9.59 Å². The van der Waals surface area contributed by atoms with Gasteiger partial charge in [-0.2, -0.15) is 0 Å². The van der Waals surface area contributed by atoms with Gasteiger partial charge in [0, 0.05) is 11.6 Å². The van der Waals surface area contributed by atoms with Gasteiger partial charge < -0.3 is 16.4 Å². The second kappa shape index (κ2) is 8.76. The van der Waals surface area contributed by atoms with Crippen LogP contribution in [0.25, 0.3) is 0 Å². The third kappa shape index (κ3) is 4.71. The quantitative estimate of drug-likeness (QED) is 0.773. The maximum absolute atomic E-state index is 12.2. The molecule has 3 atom stereocenters. The summed E-state index contributed by atoms with van der Waals surface area (Å²) in [5.74, 6) is -0.0770. The highest BCUT2D eigenvalue weighted by atomic mass is 35.5. The van der Waals surface area contributed by atoms with Gasteiger partial charge in [-0.1, -0.05) is 24.6 Å². The number of benzene rings is 1. The topological polar surface area (TPSA) is 84.2 Å². The first kappa shape index (κ1) is 18.5. The van der Waals surface area contributed by atoms with Gasteiger partial charge in [-0.15, -0.1) is 12.4 Å². The SMILES string of the molecule is CC(NC(=O)[C@@H]1CCC[C@@H]1CN)C(=O)Nc1ccccc1.Cl. The predicted octanol–water partition coefficient (Wildman–Crippen LogP) is 1.93. The zero-order valence-corrected chi connectivity index (χ0v) is 13.6. The molecule has 22 heavy (non-hydrogen) atoms. The fraction of sp³-hybridized carbons (Fsp3) is 0.500. The summed E-state index contributed by atoms with van der Waals surface area (Å²) in [6, 6.07) is 8.65. The fourth-order valence-corrected chi connectivity index (χ4v) is 2.82. The highest BCUT2D eigenvalue weighted by Gasteiger charge is 2.33. The van der Waals surface area contributed by atoms with Crippen LogP contribution < -0.4 is 16.4 Å². The molecule has 0 spiro atoms. The minimum absolute atomic E-state index is 0. The number of hydrogen-bond acceptors (Lipinski definition) is 3. The van der Waals surface area contributed by atoms with E-state index in [1.54, 1.807) is 6.92 Å². The molecule has 2 rings (SSSR count). The summed E-state index contributed by atoms with van der Waals surface area (Å²) in [6.45, 7) is 2.23. The van der Waals surface area contributed by atoms with E-state index in [0.717, 1.165) is 24.9 Å². The minimum atomic E-state index is -0.559. The van der Waals surface area contributed by atoms with Crippen LogP contribution in [0, 0.1) is 11.8 Å². The predicted molar refractivity (Wildman–Crippen MR) is 89.8 cm³/mol. The van der Waals surface area contributed by atoms with Crippen LogP contribution in [0.1, 0.15) is 26.2 Å². The molecule has 0 aromatic heterocycles. The molecule has 0 bridgehead atoms. The van der Waals surface area contributed by atoms with E-state index in [9.17, 15) is 9.59 Å². The van der Waals surface area contributed by atoms with Crippen LogP contribution in [-0.2, 0) is 9.59 Å². The fourth-order valence-electron chi connectivity index (χ4n) is 2.82. The van der Waals surface area contributed by atoms with Gasteiger partial charge in [0.1, 0.15) is 6.04 Å². The summed E-state index contributed by atoms with van der Waals surface area (Å²) in [4.78, 5) is 24.3. The number of amides is 2. The number of para-hydroxylation sites is 1. The molecule has 4 N–H and O–H groups in total. The molecule has 1 aromatic carbocycles. The van der Waals surface area contributed by atoms with E-state index in [1.807, 2.05) is 30.3 Å². The average Bonchev–Trinajstić information content (AvgIpc) is 2.96. The summed E-state index contributed by atoms with van der Waals surface area (Å²) >= 11 is 0. The first-order valence-corrected chi connectivity index (χ1v) is 7.48. The van der Waals surface area contributed by atoms with Crippen LogP contribution in [0.4, 0.5) is 5.69 Å². The Labute approximate surface area is 137 Å². The Balaban J connectivity index is 0.00000242. The van der Waals surface area contributed by atoms with Crippen LogP contribution in [0.15, 0.2) is 30.3 Å². The molecule has 0 radical (unpaired) electrons. The molecule has 1 aliphatic rings. The first-order valence-electron chi connectivity index (χ1n) is 7.48. The molecule has 122 valence electrons. The van der Waals surface area contributed by atoms with Gasteiger partial charge in [0.05, 0.1) is 0 Å². The van der Waals surface area contributed by atoms with Crippen LogP contribution in [0.2, 0.25) is 0 Å². The molecule has 0 aliphatic heterocycles. The molecule has 5 nitrogen and oxygen atoms in total. The lowest BCUT2D eigenvalue weighted by Crippen LogP contribution is -2.45. The van der Waals surface area contributed by atoms with Gasteiger partial charge in [0.15, 0.2) is 0 Å². The van der Waals surface area contributed by atoms with Crippen molar-refractivity contribution < 1.29 is 9.59 Å². The van der Waals surface area contributed by atoms with Crippen molar-refractivity contribution in [3.8, 4) is 0 Å². The number of rotatable bonds is 5. The van der Waals surface area contributed by atoms with E-state index in [4.69, 9.17) is 5.73 Å². The summed E-state index contributed by atoms with van der Waals surface area (Å²) in [7, 11) is 0. The van der Waals surface area contributed by atoms with E-state index in [1.165, 1.54) is 0 Å². The Morgan fingerprint density at radius 2 is 1.95 bits per heavy atom. The Kier molecular flexibility index (Phi) is 7.35. The molecular formula is C16H24ClN3O2. The van der Waals surface area contributed by atoms with Crippen molar-refractivity contribution in [1.82, 2.24) is 5.32 Å². The highest BCUT2D eigenvalue weighted by Crippen LogP contribution is 2.31. The smallest absolute Gasteiger partial charge is 0.246 e. The Morgan fingerprint density at radius 3 is 2.59 bits per heavy atom. The van der Waals surface area contributed by atoms with E-state index in [2.05, 4.69) is 10.6 Å². The van der Waals surface area contributed by atoms with Gasteiger partial charge in [-0.05, 0) is 44.4 Å². The molecular weight excluding hydrogens is 302 g/mol. The van der Waals surface area contributed by atoms with Crippen LogP contribution in [0.3, 0.4) is 0 Å². The number of carbonyl (C=O) groups excluding carboxylic acids is 2. The van der Waals surface area contributed by atoms with Gasteiger partial charge >= 0.3 is 0 Å². The lowest BCUT2D eigenvalue weighted by atomic mass is 9.95. The minimum Gasteiger partial charge on any atom is -0.344 e. The van der Waals surface area contributed by atoms with Crippen LogP contribution in [-0.4, -0.2) is 24.4 Å². The molecule has 0 saturated heterocycles. The summed E-state index contributed by atoms with van der Waals surface area (Å²) in [5.41, 5.74) is 6.42. The monoisotopic (exact) mass is 325 g/mol. The zero-order chi connectivity index (χ0) is 15.2. The molecule has 1 fully saturated rings. The van der Waals surface area contributed by atoms with Crippen LogP contribution in [0.5, 0.6) is 0 Å². The number of carbonyl (C=O) groups is 2. The third-order valence-electron chi connectivity index (χ3n) is 4.09. The van der Waals surface area contributed by atoms with Gasteiger partial charge in [0.25, 0.3) is 0 Å². The maximum Gasteiger partial charge on any atom is 0.246 e. The molecule has 6 heteroatoms. The van der Waals surface area contributed by atoms with Crippen molar-refractivity contribution in [2.75, 3.05) is 11.9 Å². The number of nitrogens with two attached hydrogens (primary N) is 1. The summed E-state index contributed by atoms with van der Waals surface area (Å²) in [6.07, 6.45) is 2.89. The van der Waals surface area contributed by atoms with Crippen molar-refractivity contribution in [1.29, 1.82) is 0 Å². The second-order valence-corrected chi connectivity index (χ2v) is 5.62. The Bertz CT molecular complexity index is 495. The second-order valence-electron chi connectivity index (χ2n) is 5.62. The normalized spacial score (nSPS) is 21.5. The standard InChI is InChI=1S/C16H23N3O2.ClH/c1-11(15(20)19-13-7-3-2-4-8-13)18-16(21)14-9-5-6-12(14)10-17;/h2-4,7-8,11-12,14H,5-6,9-10,17H2,1H3,(H,18,21)(H,19,20);1H/t11?,12-,14-;/m1./s1. The maximum atomic E-state index is 12.2. The average molecular weight is 326 g/mol. The lowest BCUT2D eigenvalue weighted by Gasteiger charge is -2.20. The summed E-state index contributed by atoms with van der Waals surface area (Å²) in [5, 5.41) is 5.58. The van der Waals surface area contributed by atoms with Gasteiger partial charge in [-0.25, -0.2) is 0 Å². The molecule has 2 amide bonds. The number of anilines is 1. The Morgan fingerprint density at radius 1 is 1.27 bits per heavy atom. The molecule has 1 saturated carbocycles. The molecule has 0 heterocycles. The van der Waals surface area contributed by atoms with Crippen molar-refractivity contribution in [3.63, 3.8) is 0 Å². The number of nitrogens with one attached hydrogen (secondary N) is 2. The molecule has 1 aromatic rings. The van der Waals surface area contributed by atoms with Gasteiger partial charge in [0.2, 0.25) is 11.8 Å². The van der Waals surface area contributed by atoms with E-state index in [0.29, 0.717) is 6.54 Å². The van der Waals surface area contributed by atoms with E-state index in [-0.39, 0.29) is 36.1 Å². The van der Waals surface area contributed by atoms with Crippen molar-refractivity contribution in [3.05, 3.63) is 30.3 Å². The molecule has 1 unspecified atom stereocenters. The summed E-state index contributed by atoms with van der Waals surface area (Å²) < 4.78 is 0.